The van der Waals surface area contributed by atoms with Gasteiger partial charge in [-0.15, -0.1) is 0 Å². The van der Waals surface area contributed by atoms with Crippen LogP contribution in [-0.4, -0.2) is 11.9 Å². The standard InChI is InChI=1S/C14H21FN2O/c1-14(2,3)9-10(16)8-13(18)17-12-7-5-4-6-11(12)15/h4-7,10H,8-9,16H2,1-3H3,(H,17,18). The number of para-hydroxylation sites is 1. The molecule has 0 fully saturated rings. The molecule has 1 unspecified atom stereocenters. The molecule has 0 spiro atoms. The van der Waals surface area contributed by atoms with Gasteiger partial charge in [0, 0.05) is 12.5 Å². The van der Waals surface area contributed by atoms with Crippen molar-refractivity contribution in [1.29, 1.82) is 0 Å². The number of hydrogen-bond acceptors (Lipinski definition) is 2. The van der Waals surface area contributed by atoms with E-state index in [9.17, 15) is 9.18 Å². The molecule has 0 saturated heterocycles. The summed E-state index contributed by atoms with van der Waals surface area (Å²) in [6, 6.07) is 5.88. The second-order valence-electron chi connectivity index (χ2n) is 5.76. The molecule has 0 saturated carbocycles. The first-order chi connectivity index (χ1) is 8.28. The van der Waals surface area contributed by atoms with Crippen LogP contribution in [0.25, 0.3) is 0 Å². The van der Waals surface area contributed by atoms with Crippen molar-refractivity contribution in [3.8, 4) is 0 Å². The van der Waals surface area contributed by atoms with Crippen LogP contribution < -0.4 is 11.1 Å². The van der Waals surface area contributed by atoms with Gasteiger partial charge in [-0.3, -0.25) is 4.79 Å². The number of rotatable bonds is 4. The molecule has 18 heavy (non-hydrogen) atoms. The first-order valence-corrected chi connectivity index (χ1v) is 6.08. The number of anilines is 1. The van der Waals surface area contributed by atoms with Gasteiger partial charge in [-0.05, 0) is 24.0 Å². The molecule has 0 aromatic heterocycles. The zero-order valence-corrected chi connectivity index (χ0v) is 11.2. The van der Waals surface area contributed by atoms with Gasteiger partial charge in [0.2, 0.25) is 5.91 Å². The molecule has 3 nitrogen and oxygen atoms in total. The highest BCUT2D eigenvalue weighted by molar-refractivity contribution is 5.91. The van der Waals surface area contributed by atoms with Crippen LogP contribution in [0.15, 0.2) is 24.3 Å². The van der Waals surface area contributed by atoms with Gasteiger partial charge < -0.3 is 11.1 Å². The lowest BCUT2D eigenvalue weighted by atomic mass is 9.87. The van der Waals surface area contributed by atoms with E-state index in [1.807, 2.05) is 0 Å². The number of hydrogen-bond donors (Lipinski definition) is 2. The first-order valence-electron chi connectivity index (χ1n) is 6.08. The van der Waals surface area contributed by atoms with Crippen molar-refractivity contribution in [2.45, 2.75) is 39.7 Å². The number of nitrogens with two attached hydrogens (primary N) is 1. The van der Waals surface area contributed by atoms with E-state index < -0.39 is 5.82 Å². The molecule has 0 heterocycles. The van der Waals surface area contributed by atoms with E-state index in [0.717, 1.165) is 6.42 Å². The smallest absolute Gasteiger partial charge is 0.226 e. The fourth-order valence-corrected chi connectivity index (χ4v) is 1.86. The molecule has 0 aliphatic carbocycles. The van der Waals surface area contributed by atoms with E-state index >= 15 is 0 Å². The van der Waals surface area contributed by atoms with Crippen LogP contribution in [0.5, 0.6) is 0 Å². The summed E-state index contributed by atoms with van der Waals surface area (Å²) in [6.07, 6.45) is 0.948. The van der Waals surface area contributed by atoms with E-state index in [1.165, 1.54) is 12.1 Å². The Bertz CT molecular complexity index is 413. The van der Waals surface area contributed by atoms with Gasteiger partial charge >= 0.3 is 0 Å². The normalized spacial score (nSPS) is 13.2. The lowest BCUT2D eigenvalue weighted by molar-refractivity contribution is -0.116. The Morgan fingerprint density at radius 2 is 2.00 bits per heavy atom. The second-order valence-corrected chi connectivity index (χ2v) is 5.76. The molecule has 1 rings (SSSR count). The Morgan fingerprint density at radius 3 is 2.56 bits per heavy atom. The summed E-state index contributed by atoms with van der Waals surface area (Å²) in [4.78, 5) is 11.7. The molecule has 4 heteroatoms. The van der Waals surface area contributed by atoms with Gasteiger partial charge in [-0.1, -0.05) is 32.9 Å². The molecule has 0 radical (unpaired) electrons. The Morgan fingerprint density at radius 1 is 1.39 bits per heavy atom. The number of nitrogens with one attached hydrogen (secondary N) is 1. The molecule has 1 aromatic rings. The van der Waals surface area contributed by atoms with E-state index in [-0.39, 0.29) is 29.5 Å². The first kappa shape index (κ1) is 14.6. The fourth-order valence-electron chi connectivity index (χ4n) is 1.86. The third kappa shape index (κ3) is 5.27. The van der Waals surface area contributed by atoms with Crippen molar-refractivity contribution >= 4 is 11.6 Å². The fraction of sp³-hybridized carbons (Fsp3) is 0.500. The predicted octanol–water partition coefficient (Wildman–Crippen LogP) is 2.92. The highest BCUT2D eigenvalue weighted by atomic mass is 19.1. The van der Waals surface area contributed by atoms with Crippen LogP contribution in [-0.2, 0) is 4.79 Å². The van der Waals surface area contributed by atoms with Crippen LogP contribution in [0.4, 0.5) is 10.1 Å². The molecular formula is C14H21FN2O. The van der Waals surface area contributed by atoms with Crippen LogP contribution in [0.3, 0.4) is 0 Å². The topological polar surface area (TPSA) is 55.1 Å². The van der Waals surface area contributed by atoms with Crippen molar-refractivity contribution in [3.05, 3.63) is 30.1 Å². The van der Waals surface area contributed by atoms with Crippen molar-refractivity contribution in [1.82, 2.24) is 0 Å². The maximum atomic E-state index is 13.3. The van der Waals surface area contributed by atoms with Crippen LogP contribution in [0.1, 0.15) is 33.6 Å². The number of amides is 1. The summed E-state index contributed by atoms with van der Waals surface area (Å²) < 4.78 is 13.3. The molecule has 1 atom stereocenters. The van der Waals surface area contributed by atoms with Crippen molar-refractivity contribution in [2.24, 2.45) is 11.1 Å². The maximum absolute atomic E-state index is 13.3. The molecule has 3 N–H and O–H groups in total. The molecule has 1 amide bonds. The summed E-state index contributed by atoms with van der Waals surface area (Å²) in [7, 11) is 0. The maximum Gasteiger partial charge on any atom is 0.226 e. The molecule has 100 valence electrons. The monoisotopic (exact) mass is 252 g/mol. The predicted molar refractivity (Wildman–Crippen MR) is 71.7 cm³/mol. The highest BCUT2D eigenvalue weighted by Crippen LogP contribution is 2.21. The highest BCUT2D eigenvalue weighted by Gasteiger charge is 2.18. The van der Waals surface area contributed by atoms with Crippen LogP contribution in [0.2, 0.25) is 0 Å². The van der Waals surface area contributed by atoms with Gasteiger partial charge in [0.1, 0.15) is 5.82 Å². The average Bonchev–Trinajstić information content (AvgIpc) is 2.18. The number of benzene rings is 1. The Kier molecular flexibility index (Phi) is 4.84. The Labute approximate surface area is 108 Å². The quantitative estimate of drug-likeness (QED) is 0.865. The minimum atomic E-state index is -0.435. The van der Waals surface area contributed by atoms with Crippen LogP contribution >= 0.6 is 0 Å². The van der Waals surface area contributed by atoms with Gasteiger partial charge in [0.05, 0.1) is 5.69 Å². The van der Waals surface area contributed by atoms with E-state index in [0.29, 0.717) is 0 Å². The minimum Gasteiger partial charge on any atom is -0.327 e. The zero-order valence-electron chi connectivity index (χ0n) is 11.2. The van der Waals surface area contributed by atoms with Crippen molar-refractivity contribution in [3.63, 3.8) is 0 Å². The lowest BCUT2D eigenvalue weighted by Gasteiger charge is -2.22. The second kappa shape index (κ2) is 5.96. The average molecular weight is 252 g/mol. The third-order valence-corrected chi connectivity index (χ3v) is 2.47. The zero-order chi connectivity index (χ0) is 13.8. The van der Waals surface area contributed by atoms with E-state index in [1.54, 1.807) is 12.1 Å². The summed E-state index contributed by atoms with van der Waals surface area (Å²) >= 11 is 0. The number of halogens is 1. The summed E-state index contributed by atoms with van der Waals surface area (Å²) in [5.74, 6) is -0.688. The minimum absolute atomic E-state index is 0.0810. The van der Waals surface area contributed by atoms with Crippen molar-refractivity contribution in [2.75, 3.05) is 5.32 Å². The number of carbonyl (C=O) groups excluding carboxylic acids is 1. The van der Waals surface area contributed by atoms with Crippen molar-refractivity contribution < 1.29 is 9.18 Å². The molecule has 1 aromatic carbocycles. The SMILES string of the molecule is CC(C)(C)CC(N)CC(=O)Nc1ccccc1F. The van der Waals surface area contributed by atoms with Gasteiger partial charge in [-0.2, -0.15) is 0 Å². The largest absolute Gasteiger partial charge is 0.327 e. The van der Waals surface area contributed by atoms with Gasteiger partial charge in [-0.25, -0.2) is 4.39 Å². The van der Waals surface area contributed by atoms with Crippen LogP contribution in [0, 0.1) is 11.2 Å². The van der Waals surface area contributed by atoms with E-state index in [2.05, 4.69) is 26.1 Å². The Hall–Kier alpha value is -1.42. The number of carbonyl (C=O) groups is 1. The third-order valence-electron chi connectivity index (χ3n) is 2.47. The Balaban J connectivity index is 2.50. The van der Waals surface area contributed by atoms with E-state index in [4.69, 9.17) is 5.73 Å². The molecule has 0 aliphatic heterocycles. The molecular weight excluding hydrogens is 231 g/mol. The summed E-state index contributed by atoms with van der Waals surface area (Å²) in [6.45, 7) is 6.21. The van der Waals surface area contributed by atoms with Gasteiger partial charge in [0.25, 0.3) is 0 Å². The molecule has 0 bridgehead atoms. The summed E-state index contributed by atoms with van der Waals surface area (Å²) in [5.41, 5.74) is 6.18. The molecule has 0 aliphatic rings. The lowest BCUT2D eigenvalue weighted by Crippen LogP contribution is -2.31. The summed E-state index contributed by atoms with van der Waals surface area (Å²) in [5, 5.41) is 2.53. The van der Waals surface area contributed by atoms with Gasteiger partial charge in [0.15, 0.2) is 0 Å².